The highest BCUT2D eigenvalue weighted by Crippen LogP contribution is 2.13. The summed E-state index contributed by atoms with van der Waals surface area (Å²) in [7, 11) is 0. The summed E-state index contributed by atoms with van der Waals surface area (Å²) in [5.41, 5.74) is 1.40. The summed E-state index contributed by atoms with van der Waals surface area (Å²) in [5.74, 6) is -1.49. The first kappa shape index (κ1) is 15.2. The lowest BCUT2D eigenvalue weighted by atomic mass is 10.2. The molecular weight excluding hydrogens is 258 g/mol. The van der Waals surface area contributed by atoms with Gasteiger partial charge in [0.25, 0.3) is 5.91 Å². The number of para-hydroxylation sites is 1. The molecule has 1 rings (SSSR count). The number of hydrogen-bond acceptors (Lipinski definition) is 4. The van der Waals surface area contributed by atoms with Gasteiger partial charge in [0.1, 0.15) is 11.6 Å². The molecule has 3 N–H and O–H groups in total. The number of nitrogens with one attached hydrogen (secondary N) is 2. The molecule has 0 aliphatic rings. The van der Waals surface area contributed by atoms with Crippen LogP contribution in [0.1, 0.15) is 12.0 Å². The van der Waals surface area contributed by atoms with Gasteiger partial charge in [0.15, 0.2) is 0 Å². The Morgan fingerprint density at radius 3 is 2.70 bits per heavy atom. The maximum Gasteiger partial charge on any atom is 0.305 e. The van der Waals surface area contributed by atoms with Crippen LogP contribution in [0.15, 0.2) is 36.0 Å². The van der Waals surface area contributed by atoms with Crippen LogP contribution in [0.4, 0.5) is 5.69 Å². The Kier molecular flexibility index (Phi) is 5.78. The van der Waals surface area contributed by atoms with Crippen LogP contribution < -0.4 is 10.6 Å². The van der Waals surface area contributed by atoms with E-state index in [0.717, 1.165) is 5.56 Å². The van der Waals surface area contributed by atoms with Crippen molar-refractivity contribution in [2.24, 2.45) is 0 Å². The Morgan fingerprint density at radius 1 is 1.40 bits per heavy atom. The van der Waals surface area contributed by atoms with Crippen molar-refractivity contribution in [3.05, 3.63) is 41.6 Å². The minimum absolute atomic E-state index is 0.0887. The maximum absolute atomic E-state index is 11.9. The van der Waals surface area contributed by atoms with E-state index in [4.69, 9.17) is 10.4 Å². The molecule has 104 valence electrons. The number of benzene rings is 1. The van der Waals surface area contributed by atoms with E-state index in [1.807, 2.05) is 19.1 Å². The number of carboxylic acids is 1. The number of carboxylic acid groups (broad SMARTS) is 1. The quantitative estimate of drug-likeness (QED) is 0.413. The van der Waals surface area contributed by atoms with Crippen LogP contribution in [0.2, 0.25) is 0 Å². The van der Waals surface area contributed by atoms with Gasteiger partial charge >= 0.3 is 5.97 Å². The highest BCUT2D eigenvalue weighted by molar-refractivity contribution is 6.06. The van der Waals surface area contributed by atoms with Crippen molar-refractivity contribution in [2.45, 2.75) is 13.3 Å². The van der Waals surface area contributed by atoms with Crippen molar-refractivity contribution >= 4 is 17.6 Å². The summed E-state index contributed by atoms with van der Waals surface area (Å²) in [6.45, 7) is 1.99. The zero-order valence-corrected chi connectivity index (χ0v) is 11.0. The molecule has 0 unspecified atom stereocenters. The molecule has 0 bridgehead atoms. The third kappa shape index (κ3) is 4.82. The number of aliphatic carboxylic acids is 1. The van der Waals surface area contributed by atoms with Gasteiger partial charge in [-0.1, -0.05) is 18.2 Å². The second-order valence-corrected chi connectivity index (χ2v) is 4.04. The van der Waals surface area contributed by atoms with Gasteiger partial charge in [-0.15, -0.1) is 0 Å². The van der Waals surface area contributed by atoms with Crippen LogP contribution >= 0.6 is 0 Å². The molecule has 1 aromatic rings. The molecule has 0 saturated carbocycles. The predicted molar refractivity (Wildman–Crippen MR) is 73.8 cm³/mol. The Bertz CT molecular complexity index is 573. The predicted octanol–water partition coefficient (Wildman–Crippen LogP) is 1.41. The maximum atomic E-state index is 11.9. The van der Waals surface area contributed by atoms with Crippen LogP contribution in [0.25, 0.3) is 0 Å². The molecule has 0 radical (unpaired) electrons. The number of anilines is 1. The van der Waals surface area contributed by atoms with E-state index in [1.54, 1.807) is 18.2 Å². The van der Waals surface area contributed by atoms with Gasteiger partial charge in [0.05, 0.1) is 6.42 Å². The lowest BCUT2D eigenvalue weighted by Gasteiger charge is -2.07. The van der Waals surface area contributed by atoms with E-state index in [9.17, 15) is 9.59 Å². The summed E-state index contributed by atoms with van der Waals surface area (Å²) >= 11 is 0. The zero-order valence-electron chi connectivity index (χ0n) is 11.0. The highest BCUT2D eigenvalue weighted by Gasteiger charge is 2.10. The number of hydrogen-bond donors (Lipinski definition) is 3. The third-order valence-corrected chi connectivity index (χ3v) is 2.49. The SMILES string of the molecule is Cc1ccccc1NC(=O)/C(C#N)=C\NCCC(=O)O. The smallest absolute Gasteiger partial charge is 0.305 e. The molecule has 0 saturated heterocycles. The summed E-state index contributed by atoms with van der Waals surface area (Å²) in [6, 6.07) is 8.98. The lowest BCUT2D eigenvalue weighted by molar-refractivity contribution is -0.136. The van der Waals surface area contributed by atoms with Crippen molar-refractivity contribution in [3.8, 4) is 6.07 Å². The fourth-order valence-corrected chi connectivity index (χ4v) is 1.40. The summed E-state index contributed by atoms with van der Waals surface area (Å²) < 4.78 is 0. The van der Waals surface area contributed by atoms with E-state index < -0.39 is 11.9 Å². The molecule has 1 amide bonds. The molecule has 20 heavy (non-hydrogen) atoms. The van der Waals surface area contributed by atoms with Crippen molar-refractivity contribution in [3.63, 3.8) is 0 Å². The lowest BCUT2D eigenvalue weighted by Crippen LogP contribution is -2.18. The van der Waals surface area contributed by atoms with E-state index in [2.05, 4.69) is 10.6 Å². The minimum atomic E-state index is -0.950. The highest BCUT2D eigenvalue weighted by atomic mass is 16.4. The van der Waals surface area contributed by atoms with Crippen molar-refractivity contribution in [2.75, 3.05) is 11.9 Å². The molecule has 1 aromatic carbocycles. The van der Waals surface area contributed by atoms with Gasteiger partial charge in [-0.2, -0.15) is 5.26 Å². The molecule has 0 aliphatic heterocycles. The van der Waals surface area contributed by atoms with Gasteiger partial charge in [-0.25, -0.2) is 0 Å². The van der Waals surface area contributed by atoms with Gasteiger partial charge in [-0.3, -0.25) is 9.59 Å². The Balaban J connectivity index is 2.64. The molecule has 6 heteroatoms. The van der Waals surface area contributed by atoms with E-state index in [1.165, 1.54) is 6.20 Å². The molecule has 0 heterocycles. The zero-order chi connectivity index (χ0) is 15.0. The van der Waals surface area contributed by atoms with Gasteiger partial charge in [0, 0.05) is 18.4 Å². The van der Waals surface area contributed by atoms with Crippen LogP contribution in [-0.2, 0) is 9.59 Å². The average Bonchev–Trinajstić information content (AvgIpc) is 2.41. The minimum Gasteiger partial charge on any atom is -0.481 e. The number of carbonyl (C=O) groups is 2. The van der Waals surface area contributed by atoms with Crippen LogP contribution in [0.5, 0.6) is 0 Å². The number of rotatable bonds is 6. The third-order valence-electron chi connectivity index (χ3n) is 2.49. The van der Waals surface area contributed by atoms with Crippen molar-refractivity contribution < 1.29 is 14.7 Å². The molecule has 0 spiro atoms. The number of nitrogens with zero attached hydrogens (tertiary/aromatic N) is 1. The molecule has 0 aromatic heterocycles. The Labute approximate surface area is 116 Å². The molecule has 6 nitrogen and oxygen atoms in total. The number of nitriles is 1. The van der Waals surface area contributed by atoms with Crippen LogP contribution in [-0.4, -0.2) is 23.5 Å². The number of carbonyl (C=O) groups excluding carboxylic acids is 1. The summed E-state index contributed by atoms with van der Waals surface area (Å²) in [5, 5.41) is 22.6. The largest absolute Gasteiger partial charge is 0.481 e. The number of amides is 1. The molecule has 0 atom stereocenters. The van der Waals surface area contributed by atoms with E-state index in [-0.39, 0.29) is 18.5 Å². The molecule has 0 fully saturated rings. The van der Waals surface area contributed by atoms with Crippen molar-refractivity contribution in [1.82, 2.24) is 5.32 Å². The van der Waals surface area contributed by atoms with Gasteiger partial charge in [0.2, 0.25) is 0 Å². The molecular formula is C14H15N3O3. The first-order valence-electron chi connectivity index (χ1n) is 5.97. The monoisotopic (exact) mass is 273 g/mol. The van der Waals surface area contributed by atoms with E-state index >= 15 is 0 Å². The first-order chi connectivity index (χ1) is 9.54. The fourth-order valence-electron chi connectivity index (χ4n) is 1.40. The summed E-state index contributed by atoms with van der Waals surface area (Å²) in [6.07, 6.45) is 1.13. The second-order valence-electron chi connectivity index (χ2n) is 4.04. The van der Waals surface area contributed by atoms with Crippen LogP contribution in [0, 0.1) is 18.3 Å². The Hall–Kier alpha value is -2.81. The fraction of sp³-hybridized carbons (Fsp3) is 0.214. The first-order valence-corrected chi connectivity index (χ1v) is 5.97. The normalized spacial score (nSPS) is 10.5. The molecule has 0 aliphatic carbocycles. The second kappa shape index (κ2) is 7.59. The average molecular weight is 273 g/mol. The van der Waals surface area contributed by atoms with Crippen LogP contribution in [0.3, 0.4) is 0 Å². The number of aryl methyl sites for hydroxylation is 1. The van der Waals surface area contributed by atoms with Crippen molar-refractivity contribution in [1.29, 1.82) is 5.26 Å². The van der Waals surface area contributed by atoms with E-state index in [0.29, 0.717) is 5.69 Å². The van der Waals surface area contributed by atoms with Gasteiger partial charge < -0.3 is 15.7 Å². The summed E-state index contributed by atoms with van der Waals surface area (Å²) in [4.78, 5) is 22.2. The Morgan fingerprint density at radius 2 is 2.10 bits per heavy atom. The topological polar surface area (TPSA) is 102 Å². The standard InChI is InChI=1S/C14H15N3O3/c1-10-4-2-3-5-12(10)17-14(20)11(8-15)9-16-7-6-13(18)19/h2-5,9,16H,6-7H2,1H3,(H,17,20)(H,18,19)/b11-9-. The van der Waals surface area contributed by atoms with Gasteiger partial charge in [-0.05, 0) is 18.6 Å².